The van der Waals surface area contributed by atoms with Crippen LogP contribution in [0, 0.1) is 11.3 Å². The average Bonchev–Trinajstić information content (AvgIpc) is 2.05. The summed E-state index contributed by atoms with van der Waals surface area (Å²) in [5.74, 6) is 0.357. The van der Waals surface area contributed by atoms with E-state index in [2.05, 4.69) is 25.2 Å². The summed E-state index contributed by atoms with van der Waals surface area (Å²) in [5.41, 5.74) is 1.40. The Balaban J connectivity index is 2.54. The van der Waals surface area contributed by atoms with Gasteiger partial charge < -0.3 is 5.41 Å². The molecule has 0 spiro atoms. The van der Waals surface area contributed by atoms with Gasteiger partial charge in [-0.2, -0.15) is 0 Å². The molecule has 0 saturated heterocycles. The molecule has 10 heavy (non-hydrogen) atoms. The zero-order chi connectivity index (χ0) is 7.40. The van der Waals surface area contributed by atoms with Crippen molar-refractivity contribution in [1.82, 2.24) is 0 Å². The Morgan fingerprint density at radius 1 is 1.80 bits per heavy atom. The molecule has 0 heterocycles. The van der Waals surface area contributed by atoms with E-state index in [9.17, 15) is 0 Å². The zero-order valence-corrected chi connectivity index (χ0v) is 6.30. The predicted octanol–water partition coefficient (Wildman–Crippen LogP) is 2.55. The van der Waals surface area contributed by atoms with Crippen LogP contribution in [0.2, 0.25) is 0 Å². The standard InChI is InChI=1S/C9H13N/c1-2-8-3-5-9(7-10)6-4-8/h3-5,7,9-10H,2,6H2,1H3. The first-order valence-corrected chi connectivity index (χ1v) is 3.74. The van der Waals surface area contributed by atoms with Crippen LogP contribution in [0.15, 0.2) is 23.8 Å². The van der Waals surface area contributed by atoms with E-state index in [-0.39, 0.29) is 0 Å². The summed E-state index contributed by atoms with van der Waals surface area (Å²) in [7, 11) is 0. The van der Waals surface area contributed by atoms with Gasteiger partial charge in [-0.05, 0) is 12.8 Å². The zero-order valence-electron chi connectivity index (χ0n) is 6.30. The lowest BCUT2D eigenvalue weighted by atomic mass is 9.97. The Morgan fingerprint density at radius 3 is 3.00 bits per heavy atom. The fraction of sp³-hybridized carbons (Fsp3) is 0.444. The minimum atomic E-state index is 0.357. The highest BCUT2D eigenvalue weighted by Crippen LogP contribution is 2.16. The molecule has 0 aromatic heterocycles. The van der Waals surface area contributed by atoms with Gasteiger partial charge in [0.15, 0.2) is 0 Å². The van der Waals surface area contributed by atoms with Crippen molar-refractivity contribution in [2.24, 2.45) is 5.92 Å². The molecular formula is C9H13N. The number of nitrogens with one attached hydrogen (secondary N) is 1. The van der Waals surface area contributed by atoms with Crippen molar-refractivity contribution in [3.63, 3.8) is 0 Å². The first-order chi connectivity index (χ1) is 4.86. The molecule has 1 atom stereocenters. The van der Waals surface area contributed by atoms with Crippen LogP contribution in [-0.4, -0.2) is 6.21 Å². The third kappa shape index (κ3) is 1.56. The highest BCUT2D eigenvalue weighted by atomic mass is 14.3. The topological polar surface area (TPSA) is 23.9 Å². The van der Waals surface area contributed by atoms with Crippen molar-refractivity contribution in [2.75, 3.05) is 0 Å². The summed E-state index contributed by atoms with van der Waals surface area (Å²) >= 11 is 0. The van der Waals surface area contributed by atoms with Gasteiger partial charge in [-0.25, -0.2) is 0 Å². The Kier molecular flexibility index (Phi) is 2.43. The number of hydrogen-bond donors (Lipinski definition) is 1. The smallest absolute Gasteiger partial charge is 0.0153 e. The van der Waals surface area contributed by atoms with E-state index in [4.69, 9.17) is 5.41 Å². The van der Waals surface area contributed by atoms with Crippen LogP contribution in [0.4, 0.5) is 0 Å². The monoisotopic (exact) mass is 135 g/mol. The van der Waals surface area contributed by atoms with Crippen LogP contribution < -0.4 is 0 Å². The van der Waals surface area contributed by atoms with Gasteiger partial charge in [-0.15, -0.1) is 0 Å². The molecule has 0 fully saturated rings. The van der Waals surface area contributed by atoms with Crippen LogP contribution in [0.5, 0.6) is 0 Å². The minimum Gasteiger partial charge on any atom is -0.312 e. The molecule has 0 aromatic carbocycles. The highest BCUT2D eigenvalue weighted by molar-refractivity contribution is 5.61. The van der Waals surface area contributed by atoms with Crippen LogP contribution in [-0.2, 0) is 0 Å². The maximum atomic E-state index is 7.01. The van der Waals surface area contributed by atoms with Crippen molar-refractivity contribution >= 4 is 6.21 Å². The molecule has 0 bridgehead atoms. The van der Waals surface area contributed by atoms with E-state index < -0.39 is 0 Å². The predicted molar refractivity (Wildman–Crippen MR) is 44.4 cm³/mol. The number of allylic oxidation sites excluding steroid dienone is 4. The third-order valence-electron chi connectivity index (χ3n) is 1.83. The maximum absolute atomic E-state index is 7.01. The van der Waals surface area contributed by atoms with E-state index in [0.29, 0.717) is 5.92 Å². The number of rotatable bonds is 2. The molecule has 1 nitrogen and oxygen atoms in total. The van der Waals surface area contributed by atoms with Gasteiger partial charge in [0, 0.05) is 12.1 Å². The normalized spacial score (nSPS) is 24.1. The summed E-state index contributed by atoms with van der Waals surface area (Å²) in [6.07, 6.45) is 10.1. The SMILES string of the molecule is CCC1=CCC(C=N)C=C1. The number of hydrogen-bond acceptors (Lipinski definition) is 1. The van der Waals surface area contributed by atoms with Gasteiger partial charge in [-0.3, -0.25) is 0 Å². The summed E-state index contributed by atoms with van der Waals surface area (Å²) in [6, 6.07) is 0. The molecule has 1 N–H and O–H groups in total. The molecule has 1 aliphatic rings. The lowest BCUT2D eigenvalue weighted by molar-refractivity contribution is 0.861. The van der Waals surface area contributed by atoms with E-state index in [0.717, 1.165) is 12.8 Å². The van der Waals surface area contributed by atoms with Crippen molar-refractivity contribution in [3.05, 3.63) is 23.8 Å². The first kappa shape index (κ1) is 7.26. The quantitative estimate of drug-likeness (QED) is 0.563. The Bertz CT molecular complexity index is 177. The Labute approximate surface area is 62.0 Å². The van der Waals surface area contributed by atoms with Crippen molar-refractivity contribution < 1.29 is 0 Å². The van der Waals surface area contributed by atoms with Crippen LogP contribution >= 0.6 is 0 Å². The third-order valence-corrected chi connectivity index (χ3v) is 1.83. The minimum absolute atomic E-state index is 0.357. The van der Waals surface area contributed by atoms with E-state index >= 15 is 0 Å². The fourth-order valence-electron chi connectivity index (χ4n) is 1.07. The molecule has 0 aromatic rings. The van der Waals surface area contributed by atoms with E-state index in [1.54, 1.807) is 0 Å². The molecule has 1 heteroatoms. The molecular weight excluding hydrogens is 122 g/mol. The van der Waals surface area contributed by atoms with Gasteiger partial charge >= 0.3 is 0 Å². The van der Waals surface area contributed by atoms with Gasteiger partial charge in [0.1, 0.15) is 0 Å². The molecule has 1 unspecified atom stereocenters. The second-order valence-corrected chi connectivity index (χ2v) is 2.56. The van der Waals surface area contributed by atoms with Crippen LogP contribution in [0.3, 0.4) is 0 Å². The molecule has 0 saturated carbocycles. The molecule has 0 amide bonds. The first-order valence-electron chi connectivity index (χ1n) is 3.74. The molecule has 0 radical (unpaired) electrons. The van der Waals surface area contributed by atoms with Crippen LogP contribution in [0.1, 0.15) is 19.8 Å². The molecule has 54 valence electrons. The second kappa shape index (κ2) is 3.35. The average molecular weight is 135 g/mol. The summed E-state index contributed by atoms with van der Waals surface area (Å²) < 4.78 is 0. The van der Waals surface area contributed by atoms with E-state index in [1.807, 2.05) is 0 Å². The van der Waals surface area contributed by atoms with Crippen molar-refractivity contribution in [1.29, 1.82) is 5.41 Å². The van der Waals surface area contributed by atoms with Gasteiger partial charge in [0.05, 0.1) is 0 Å². The van der Waals surface area contributed by atoms with Crippen LogP contribution in [0.25, 0.3) is 0 Å². The lowest BCUT2D eigenvalue weighted by Crippen LogP contribution is -1.99. The van der Waals surface area contributed by atoms with E-state index in [1.165, 1.54) is 11.8 Å². The Morgan fingerprint density at radius 2 is 2.60 bits per heavy atom. The Hall–Kier alpha value is -0.850. The second-order valence-electron chi connectivity index (χ2n) is 2.56. The summed E-state index contributed by atoms with van der Waals surface area (Å²) in [5, 5.41) is 7.01. The molecule has 0 aliphatic heterocycles. The van der Waals surface area contributed by atoms with Crippen molar-refractivity contribution in [3.8, 4) is 0 Å². The maximum Gasteiger partial charge on any atom is 0.0153 e. The molecule has 1 rings (SSSR count). The summed E-state index contributed by atoms with van der Waals surface area (Å²) in [6.45, 7) is 2.15. The fourth-order valence-corrected chi connectivity index (χ4v) is 1.07. The molecule has 1 aliphatic carbocycles. The van der Waals surface area contributed by atoms with Gasteiger partial charge in [-0.1, -0.05) is 30.7 Å². The van der Waals surface area contributed by atoms with Crippen molar-refractivity contribution in [2.45, 2.75) is 19.8 Å². The lowest BCUT2D eigenvalue weighted by Gasteiger charge is -2.09. The van der Waals surface area contributed by atoms with Gasteiger partial charge in [0.2, 0.25) is 0 Å². The summed E-state index contributed by atoms with van der Waals surface area (Å²) in [4.78, 5) is 0. The highest BCUT2D eigenvalue weighted by Gasteiger charge is 2.02. The largest absolute Gasteiger partial charge is 0.312 e. The van der Waals surface area contributed by atoms with Gasteiger partial charge in [0.25, 0.3) is 0 Å².